The Kier molecular flexibility index (Phi) is 6.16. The fourth-order valence-corrected chi connectivity index (χ4v) is 3.61. The zero-order valence-corrected chi connectivity index (χ0v) is 17.1. The van der Waals surface area contributed by atoms with Crippen LogP contribution in [0.15, 0.2) is 42.6 Å². The highest BCUT2D eigenvalue weighted by atomic mass is 16.5. The second-order valence-corrected chi connectivity index (χ2v) is 7.30. The molecule has 4 rings (SSSR count). The van der Waals surface area contributed by atoms with E-state index in [2.05, 4.69) is 25.9 Å². The summed E-state index contributed by atoms with van der Waals surface area (Å²) in [5, 5.41) is 18.4. The maximum Gasteiger partial charge on any atom is 0.357 e. The molecule has 2 aromatic heterocycles. The lowest BCUT2D eigenvalue weighted by Gasteiger charge is -2.15. The summed E-state index contributed by atoms with van der Waals surface area (Å²) >= 11 is 0. The van der Waals surface area contributed by atoms with Crippen molar-refractivity contribution < 1.29 is 14.3 Å². The Morgan fingerprint density at radius 3 is 2.68 bits per heavy atom. The summed E-state index contributed by atoms with van der Waals surface area (Å²) in [6.07, 6.45) is 7.65. The van der Waals surface area contributed by atoms with E-state index in [0.717, 1.165) is 31.2 Å². The number of carbonyl (C=O) groups excluding carboxylic acids is 2. The Morgan fingerprint density at radius 1 is 1.19 bits per heavy atom. The fourth-order valence-electron chi connectivity index (χ4n) is 3.61. The molecule has 3 aromatic rings. The van der Waals surface area contributed by atoms with E-state index in [4.69, 9.17) is 4.74 Å². The molecular weight excluding hydrogens is 398 g/mol. The highest BCUT2D eigenvalue weighted by molar-refractivity contribution is 6.15. The van der Waals surface area contributed by atoms with Gasteiger partial charge >= 0.3 is 5.97 Å². The first kappa shape index (κ1) is 20.5. The number of nitrogens with one attached hydrogen (secondary N) is 1. The maximum atomic E-state index is 12.8. The summed E-state index contributed by atoms with van der Waals surface area (Å²) in [4.78, 5) is 25.2. The van der Waals surface area contributed by atoms with Crippen molar-refractivity contribution >= 4 is 29.5 Å². The number of esters is 1. The van der Waals surface area contributed by atoms with Gasteiger partial charge in [0.2, 0.25) is 0 Å². The number of hydrogen-bond acceptors (Lipinski definition) is 7. The molecule has 10 nitrogen and oxygen atoms in total. The van der Waals surface area contributed by atoms with Crippen LogP contribution >= 0.6 is 0 Å². The molecule has 31 heavy (non-hydrogen) atoms. The third-order valence-corrected chi connectivity index (χ3v) is 5.11. The molecule has 0 atom stereocenters. The first-order valence-corrected chi connectivity index (χ1v) is 10.1. The van der Waals surface area contributed by atoms with Crippen molar-refractivity contribution in [3.8, 4) is 0 Å². The van der Waals surface area contributed by atoms with Crippen LogP contribution in [0.4, 0.5) is 5.82 Å². The number of benzene rings is 1. The number of aryl methyl sites for hydroxylation is 1. The van der Waals surface area contributed by atoms with Crippen molar-refractivity contribution in [3.05, 3.63) is 54.0 Å². The summed E-state index contributed by atoms with van der Waals surface area (Å²) in [5.41, 5.74) is 0.881. The van der Waals surface area contributed by atoms with Crippen LogP contribution in [0.1, 0.15) is 43.1 Å². The van der Waals surface area contributed by atoms with E-state index >= 15 is 0 Å². The van der Waals surface area contributed by atoms with E-state index in [1.165, 1.54) is 4.68 Å². The highest BCUT2D eigenvalue weighted by Crippen LogP contribution is 2.31. The van der Waals surface area contributed by atoms with Gasteiger partial charge in [-0.2, -0.15) is 9.78 Å². The van der Waals surface area contributed by atoms with Crippen molar-refractivity contribution in [1.29, 1.82) is 0 Å². The molecule has 2 heterocycles. The molecule has 160 valence electrons. The zero-order valence-electron chi connectivity index (χ0n) is 17.1. The molecule has 1 fully saturated rings. The van der Waals surface area contributed by atoms with Crippen molar-refractivity contribution in [2.45, 2.75) is 38.6 Å². The smallest absolute Gasteiger partial charge is 0.357 e. The van der Waals surface area contributed by atoms with Crippen LogP contribution in [0.25, 0.3) is 11.8 Å². The molecule has 10 heteroatoms. The molecule has 1 aliphatic carbocycles. The van der Waals surface area contributed by atoms with E-state index in [0.29, 0.717) is 11.6 Å². The van der Waals surface area contributed by atoms with Crippen molar-refractivity contribution in [2.24, 2.45) is 0 Å². The van der Waals surface area contributed by atoms with E-state index in [1.54, 1.807) is 25.3 Å². The van der Waals surface area contributed by atoms with E-state index in [1.807, 2.05) is 35.0 Å². The van der Waals surface area contributed by atoms with Crippen LogP contribution in [-0.2, 0) is 14.3 Å². The lowest BCUT2D eigenvalue weighted by Crippen LogP contribution is -2.24. The SMILES string of the molecule is Cc1nnnn1/C(=C\c1ccccc1)C(=O)OCC(=O)Nc1ccnn1C1CCCC1. The van der Waals surface area contributed by atoms with Gasteiger partial charge in [0.05, 0.1) is 12.2 Å². The molecule has 0 bridgehead atoms. The van der Waals surface area contributed by atoms with Crippen molar-refractivity contribution in [3.63, 3.8) is 0 Å². The van der Waals surface area contributed by atoms with Gasteiger partial charge in [0.15, 0.2) is 18.1 Å². The standard InChI is InChI=1S/C21H23N7O3/c1-15-24-25-26-27(15)18(13-16-7-3-2-4-8-16)21(30)31-14-20(29)23-19-11-12-22-28(19)17-9-5-6-10-17/h2-4,7-8,11-13,17H,5-6,9-10,14H2,1H3,(H,23,29)/b18-13-. The number of hydrogen-bond donors (Lipinski definition) is 1. The van der Waals surface area contributed by atoms with Gasteiger partial charge in [0.25, 0.3) is 5.91 Å². The van der Waals surface area contributed by atoms with Gasteiger partial charge in [-0.15, -0.1) is 5.10 Å². The van der Waals surface area contributed by atoms with Gasteiger partial charge in [-0.05, 0) is 41.8 Å². The number of carbonyl (C=O) groups is 2. The molecule has 0 spiro atoms. The molecule has 0 radical (unpaired) electrons. The lowest BCUT2D eigenvalue weighted by molar-refractivity contribution is -0.141. The van der Waals surface area contributed by atoms with Crippen molar-refractivity contribution in [2.75, 3.05) is 11.9 Å². The molecule has 0 saturated heterocycles. The first-order chi connectivity index (χ1) is 15.1. The fraction of sp³-hybridized carbons (Fsp3) is 0.333. The molecule has 1 saturated carbocycles. The van der Waals surface area contributed by atoms with Crippen LogP contribution in [0.5, 0.6) is 0 Å². The summed E-state index contributed by atoms with van der Waals surface area (Å²) in [7, 11) is 0. The maximum absolute atomic E-state index is 12.8. The third kappa shape index (κ3) is 4.85. The highest BCUT2D eigenvalue weighted by Gasteiger charge is 2.22. The normalized spacial score (nSPS) is 14.5. The van der Waals surface area contributed by atoms with Crippen molar-refractivity contribution in [1.82, 2.24) is 30.0 Å². The first-order valence-electron chi connectivity index (χ1n) is 10.1. The molecule has 1 N–H and O–H groups in total. The number of ether oxygens (including phenoxy) is 1. The van der Waals surface area contributed by atoms with Crippen LogP contribution in [0.3, 0.4) is 0 Å². The monoisotopic (exact) mass is 421 g/mol. The molecular formula is C21H23N7O3. The second-order valence-electron chi connectivity index (χ2n) is 7.30. The number of aromatic nitrogens is 6. The van der Waals surface area contributed by atoms with Crippen LogP contribution in [0, 0.1) is 6.92 Å². The van der Waals surface area contributed by atoms with Gasteiger partial charge in [-0.3, -0.25) is 4.79 Å². The Bertz CT molecular complexity index is 1080. The molecule has 0 unspecified atom stereocenters. The molecule has 1 aromatic carbocycles. The quantitative estimate of drug-likeness (QED) is 0.460. The minimum absolute atomic E-state index is 0.109. The topological polar surface area (TPSA) is 117 Å². The van der Waals surface area contributed by atoms with E-state index in [9.17, 15) is 9.59 Å². The van der Waals surface area contributed by atoms with E-state index < -0.39 is 18.5 Å². The number of rotatable bonds is 7. The summed E-state index contributed by atoms with van der Waals surface area (Å²) in [5.74, 6) is -0.132. The van der Waals surface area contributed by atoms with Gasteiger partial charge in [0.1, 0.15) is 5.82 Å². The average molecular weight is 421 g/mol. The molecule has 1 amide bonds. The minimum Gasteiger partial charge on any atom is -0.451 e. The predicted molar refractivity (Wildman–Crippen MR) is 112 cm³/mol. The Hall–Kier alpha value is -3.82. The zero-order chi connectivity index (χ0) is 21.6. The Balaban J connectivity index is 1.44. The predicted octanol–water partition coefficient (Wildman–Crippen LogP) is 2.47. The van der Waals surface area contributed by atoms with Crippen LogP contribution in [0.2, 0.25) is 0 Å². The lowest BCUT2D eigenvalue weighted by atomic mass is 10.2. The van der Waals surface area contributed by atoms with Gasteiger partial charge < -0.3 is 10.1 Å². The Morgan fingerprint density at radius 2 is 1.97 bits per heavy atom. The molecule has 1 aliphatic rings. The number of anilines is 1. The average Bonchev–Trinajstić information content (AvgIpc) is 3.53. The van der Waals surface area contributed by atoms with Crippen LogP contribution < -0.4 is 5.32 Å². The largest absolute Gasteiger partial charge is 0.451 e. The molecule has 0 aliphatic heterocycles. The summed E-state index contributed by atoms with van der Waals surface area (Å²) < 4.78 is 8.38. The Labute approximate surface area is 178 Å². The summed E-state index contributed by atoms with van der Waals surface area (Å²) in [6.45, 7) is 1.23. The number of amides is 1. The minimum atomic E-state index is -0.710. The number of tetrazole rings is 1. The second kappa shape index (κ2) is 9.33. The summed E-state index contributed by atoms with van der Waals surface area (Å²) in [6, 6.07) is 11.3. The number of nitrogens with zero attached hydrogens (tertiary/aromatic N) is 6. The van der Waals surface area contributed by atoms with Gasteiger partial charge in [0, 0.05) is 6.07 Å². The van der Waals surface area contributed by atoms with E-state index in [-0.39, 0.29) is 11.7 Å². The van der Waals surface area contributed by atoms with Gasteiger partial charge in [-0.1, -0.05) is 43.2 Å². The van der Waals surface area contributed by atoms with Crippen LogP contribution in [-0.4, -0.2) is 48.5 Å². The van der Waals surface area contributed by atoms with Gasteiger partial charge in [-0.25, -0.2) is 9.48 Å². The third-order valence-electron chi connectivity index (χ3n) is 5.11.